The van der Waals surface area contributed by atoms with Crippen LogP contribution in [0.15, 0.2) is 30.3 Å². The van der Waals surface area contributed by atoms with Crippen molar-refractivity contribution < 1.29 is 38.1 Å². The van der Waals surface area contributed by atoms with Crippen molar-refractivity contribution in [2.24, 2.45) is 0 Å². The van der Waals surface area contributed by atoms with Crippen molar-refractivity contribution in [3.8, 4) is 0 Å². The predicted molar refractivity (Wildman–Crippen MR) is 87.6 cm³/mol. The maximum Gasteiger partial charge on any atom is 0.305 e. The second kappa shape index (κ2) is 9.30. The molecule has 4 atom stereocenters. The fourth-order valence-corrected chi connectivity index (χ4v) is 2.61. The molecular weight excluding hydrogens is 344 g/mol. The Balaban J connectivity index is 2.21. The Bertz CT molecular complexity index is 629. The van der Waals surface area contributed by atoms with Crippen molar-refractivity contribution in [3.63, 3.8) is 0 Å². The van der Waals surface area contributed by atoms with Crippen LogP contribution in [0.5, 0.6) is 0 Å². The zero-order valence-corrected chi connectivity index (χ0v) is 14.9. The summed E-state index contributed by atoms with van der Waals surface area (Å²) in [4.78, 5) is 34.2. The van der Waals surface area contributed by atoms with E-state index in [0.717, 1.165) is 5.56 Å². The van der Waals surface area contributed by atoms with Gasteiger partial charge >= 0.3 is 17.9 Å². The standard InChI is InChI=1S/C18H22O8/c1-11(19)24-15-10-23-18(26-13(3)21)17(25-12(2)20)16(15)22-9-14-7-5-4-6-8-14/h4-8,15-18H,9-10H2,1-3H3/t15-,16+,17-,18+/m1/s1. The molecule has 1 fully saturated rings. The minimum absolute atomic E-state index is 0.0608. The van der Waals surface area contributed by atoms with Crippen LogP contribution in [0.1, 0.15) is 26.3 Å². The molecule has 1 saturated heterocycles. The lowest BCUT2D eigenvalue weighted by molar-refractivity contribution is -0.279. The van der Waals surface area contributed by atoms with Gasteiger partial charge in [-0.25, -0.2) is 0 Å². The normalized spacial score (nSPS) is 25.2. The van der Waals surface area contributed by atoms with Gasteiger partial charge in [0.15, 0.2) is 12.2 Å². The smallest absolute Gasteiger partial charge is 0.305 e. The molecule has 26 heavy (non-hydrogen) atoms. The van der Waals surface area contributed by atoms with Crippen LogP contribution in [0.4, 0.5) is 0 Å². The average Bonchev–Trinajstić information content (AvgIpc) is 2.56. The van der Waals surface area contributed by atoms with Crippen LogP contribution in [0.3, 0.4) is 0 Å². The molecule has 1 aliphatic rings. The van der Waals surface area contributed by atoms with Crippen LogP contribution in [-0.4, -0.2) is 49.1 Å². The van der Waals surface area contributed by atoms with Gasteiger partial charge in [0.05, 0.1) is 13.2 Å². The molecular formula is C18H22O8. The maximum atomic E-state index is 11.5. The molecule has 0 saturated carbocycles. The molecule has 142 valence electrons. The quantitative estimate of drug-likeness (QED) is 0.550. The van der Waals surface area contributed by atoms with E-state index < -0.39 is 42.5 Å². The van der Waals surface area contributed by atoms with E-state index in [1.807, 2.05) is 30.3 Å². The number of ether oxygens (including phenoxy) is 5. The topological polar surface area (TPSA) is 97.4 Å². The number of carbonyl (C=O) groups is 3. The number of rotatable bonds is 6. The van der Waals surface area contributed by atoms with Crippen molar-refractivity contribution >= 4 is 17.9 Å². The lowest BCUT2D eigenvalue weighted by atomic mass is 10.0. The summed E-state index contributed by atoms with van der Waals surface area (Å²) in [5, 5.41) is 0. The predicted octanol–water partition coefficient (Wildman–Crippen LogP) is 1.35. The van der Waals surface area contributed by atoms with Gasteiger partial charge in [-0.2, -0.15) is 0 Å². The summed E-state index contributed by atoms with van der Waals surface area (Å²) in [6.07, 6.45) is -3.89. The van der Waals surface area contributed by atoms with Crippen LogP contribution in [-0.2, 0) is 44.7 Å². The summed E-state index contributed by atoms with van der Waals surface area (Å²) >= 11 is 0. The molecule has 1 heterocycles. The van der Waals surface area contributed by atoms with Crippen molar-refractivity contribution in [3.05, 3.63) is 35.9 Å². The minimum atomic E-state index is -1.15. The van der Waals surface area contributed by atoms with Gasteiger partial charge < -0.3 is 23.7 Å². The van der Waals surface area contributed by atoms with E-state index in [1.54, 1.807) is 0 Å². The highest BCUT2D eigenvalue weighted by atomic mass is 16.7. The minimum Gasteiger partial charge on any atom is -0.457 e. The lowest BCUT2D eigenvalue weighted by Crippen LogP contribution is -2.57. The molecule has 0 N–H and O–H groups in total. The van der Waals surface area contributed by atoms with Gasteiger partial charge in [-0.3, -0.25) is 14.4 Å². The first-order valence-corrected chi connectivity index (χ1v) is 8.15. The van der Waals surface area contributed by atoms with Crippen molar-refractivity contribution in [2.45, 2.75) is 52.0 Å². The number of carbonyl (C=O) groups excluding carboxylic acids is 3. The van der Waals surface area contributed by atoms with Crippen molar-refractivity contribution in [2.75, 3.05) is 6.61 Å². The van der Waals surface area contributed by atoms with Crippen LogP contribution in [0.25, 0.3) is 0 Å². The van der Waals surface area contributed by atoms with E-state index >= 15 is 0 Å². The van der Waals surface area contributed by atoms with E-state index in [1.165, 1.54) is 20.8 Å². The second-order valence-electron chi connectivity index (χ2n) is 5.79. The Morgan fingerprint density at radius 2 is 1.54 bits per heavy atom. The highest BCUT2D eigenvalue weighted by Gasteiger charge is 2.47. The number of hydrogen-bond donors (Lipinski definition) is 0. The molecule has 0 bridgehead atoms. The van der Waals surface area contributed by atoms with Gasteiger partial charge in [-0.05, 0) is 5.56 Å². The van der Waals surface area contributed by atoms with E-state index in [9.17, 15) is 14.4 Å². The zero-order valence-electron chi connectivity index (χ0n) is 14.9. The third kappa shape index (κ3) is 5.82. The largest absolute Gasteiger partial charge is 0.457 e. The molecule has 0 radical (unpaired) electrons. The molecule has 0 aliphatic carbocycles. The Morgan fingerprint density at radius 1 is 0.923 bits per heavy atom. The fraction of sp³-hybridized carbons (Fsp3) is 0.500. The van der Waals surface area contributed by atoms with Gasteiger partial charge in [-0.15, -0.1) is 0 Å². The lowest BCUT2D eigenvalue weighted by Gasteiger charge is -2.40. The maximum absolute atomic E-state index is 11.5. The summed E-state index contributed by atoms with van der Waals surface area (Å²) < 4.78 is 26.9. The average molecular weight is 366 g/mol. The van der Waals surface area contributed by atoms with Crippen molar-refractivity contribution in [1.29, 1.82) is 0 Å². The van der Waals surface area contributed by atoms with Gasteiger partial charge in [0.2, 0.25) is 6.29 Å². The monoisotopic (exact) mass is 366 g/mol. The number of esters is 3. The third-order valence-corrected chi connectivity index (χ3v) is 3.57. The molecule has 0 aromatic heterocycles. The van der Waals surface area contributed by atoms with Crippen LogP contribution in [0, 0.1) is 0 Å². The zero-order chi connectivity index (χ0) is 19.1. The van der Waals surface area contributed by atoms with Gasteiger partial charge in [0.1, 0.15) is 6.10 Å². The first-order chi connectivity index (χ1) is 12.4. The van der Waals surface area contributed by atoms with E-state index in [4.69, 9.17) is 23.7 Å². The Kier molecular flexibility index (Phi) is 7.11. The summed E-state index contributed by atoms with van der Waals surface area (Å²) in [6.45, 7) is 3.82. The Labute approximate surface area is 151 Å². The van der Waals surface area contributed by atoms with E-state index in [-0.39, 0.29) is 13.2 Å². The first kappa shape index (κ1) is 19.9. The highest BCUT2D eigenvalue weighted by Crippen LogP contribution is 2.26. The molecule has 1 aliphatic heterocycles. The number of hydrogen-bond acceptors (Lipinski definition) is 8. The van der Waals surface area contributed by atoms with E-state index in [0.29, 0.717) is 0 Å². The fourth-order valence-electron chi connectivity index (χ4n) is 2.61. The van der Waals surface area contributed by atoms with Gasteiger partial charge in [0.25, 0.3) is 0 Å². The number of benzene rings is 1. The van der Waals surface area contributed by atoms with Crippen LogP contribution >= 0.6 is 0 Å². The summed E-state index contributed by atoms with van der Waals surface area (Å²) in [7, 11) is 0. The van der Waals surface area contributed by atoms with Gasteiger partial charge in [-0.1, -0.05) is 30.3 Å². The summed E-state index contributed by atoms with van der Waals surface area (Å²) in [6, 6.07) is 9.32. The molecule has 8 nitrogen and oxygen atoms in total. The molecule has 0 unspecified atom stereocenters. The SMILES string of the molecule is CC(=O)O[C@@H]1OC[C@@H](OC(C)=O)[C@H](OCc2ccccc2)[C@H]1OC(C)=O. The summed E-state index contributed by atoms with van der Waals surface area (Å²) in [5.74, 6) is -1.73. The molecule has 2 rings (SSSR count). The second-order valence-corrected chi connectivity index (χ2v) is 5.79. The van der Waals surface area contributed by atoms with Gasteiger partial charge in [0, 0.05) is 20.8 Å². The molecule has 0 amide bonds. The van der Waals surface area contributed by atoms with E-state index in [2.05, 4.69) is 0 Å². The Hall–Kier alpha value is -2.45. The third-order valence-electron chi connectivity index (χ3n) is 3.57. The Morgan fingerprint density at radius 3 is 2.12 bits per heavy atom. The summed E-state index contributed by atoms with van der Waals surface area (Å²) in [5.41, 5.74) is 0.881. The first-order valence-electron chi connectivity index (χ1n) is 8.15. The van der Waals surface area contributed by atoms with Crippen molar-refractivity contribution in [1.82, 2.24) is 0 Å². The van der Waals surface area contributed by atoms with Crippen LogP contribution in [0.2, 0.25) is 0 Å². The van der Waals surface area contributed by atoms with Crippen LogP contribution < -0.4 is 0 Å². The molecule has 8 heteroatoms. The highest BCUT2D eigenvalue weighted by molar-refractivity contribution is 5.67. The molecule has 1 aromatic carbocycles. The molecule has 1 aromatic rings. The molecule has 0 spiro atoms.